The van der Waals surface area contributed by atoms with Gasteiger partial charge >= 0.3 is 7.19 Å². The van der Waals surface area contributed by atoms with Crippen LogP contribution in [-0.4, -0.2) is 46.7 Å². The van der Waals surface area contributed by atoms with Gasteiger partial charge < -0.3 is 14.5 Å². The number of aromatic nitrogens is 1. The Morgan fingerprint density at radius 3 is 1.60 bits per heavy atom. The van der Waals surface area contributed by atoms with Gasteiger partial charge in [-0.3, -0.25) is 9.80 Å². The Hall–Kier alpha value is -6.43. The van der Waals surface area contributed by atoms with Gasteiger partial charge in [-0.25, -0.2) is 75.8 Å². The highest BCUT2D eigenvalue weighted by Gasteiger charge is 2.53. The van der Waals surface area contributed by atoms with E-state index in [-0.39, 0.29) is 15.5 Å². The Labute approximate surface area is 303 Å². The quantitative estimate of drug-likeness (QED) is 0.0493. The predicted octanol–water partition coefficient (Wildman–Crippen LogP) is 8.54. The highest BCUT2D eigenvalue weighted by molar-refractivity contribution is 6.61. The summed E-state index contributed by atoms with van der Waals surface area (Å²) in [6.45, 7) is 0.697. The normalized spacial score (nSPS) is 14.5. The minimum Gasteiger partial charge on any atom is -0.518 e. The molecule has 2 aliphatic rings. The molecule has 0 radical (unpaired) electrons. The van der Waals surface area contributed by atoms with E-state index in [4.69, 9.17) is 10.1 Å². The summed E-state index contributed by atoms with van der Waals surface area (Å²) in [7, 11) is -2.42. The average molecular weight is 826 g/mol. The number of hydrogen-bond donors (Lipinski definition) is 1. The van der Waals surface area contributed by atoms with Crippen molar-refractivity contribution in [3.8, 4) is 5.75 Å². The fourth-order valence-electron chi connectivity index (χ4n) is 6.06. The van der Waals surface area contributed by atoms with E-state index in [9.17, 15) is 43.9 Å². The van der Waals surface area contributed by atoms with Gasteiger partial charge in [-0.05, 0) is 6.92 Å². The number of nitrogens with zero attached hydrogens (tertiary/aromatic N) is 5. The number of fused-ring (bicyclic) bond motifs is 6. The summed E-state index contributed by atoms with van der Waals surface area (Å²) in [5.74, 6) is -51.6. The lowest BCUT2D eigenvalue weighted by molar-refractivity contribution is 0.342. The molecule has 7 nitrogen and oxygen atoms in total. The van der Waals surface area contributed by atoms with Crippen LogP contribution < -0.4 is 4.65 Å². The first kappa shape index (κ1) is 38.8. The Bertz CT molecular complexity index is 2790. The number of benzene rings is 4. The number of nitrogens with one attached hydrogen (secondary N) is 1. The molecule has 7 rings (SSSR count). The van der Waals surface area contributed by atoms with Crippen molar-refractivity contribution < 1.29 is 79.3 Å². The van der Waals surface area contributed by atoms with Crippen molar-refractivity contribution in [2.24, 2.45) is 15.0 Å². The molecule has 3 heterocycles. The molecule has 0 bridgehead atoms. The molecule has 25 heteroatoms. The lowest BCUT2D eigenvalue weighted by Crippen LogP contribution is -2.55. The van der Waals surface area contributed by atoms with Gasteiger partial charge in [0.25, 0.3) is 0 Å². The van der Waals surface area contributed by atoms with E-state index in [2.05, 4.69) is 15.0 Å². The third kappa shape index (κ3) is 5.15. The molecule has 1 N–H and O–H groups in total. The van der Waals surface area contributed by atoms with E-state index >= 15 is 30.7 Å². The zero-order valence-electron chi connectivity index (χ0n) is 27.2. The zero-order chi connectivity index (χ0) is 42.0. The molecule has 1 aromatic heterocycles. The van der Waals surface area contributed by atoms with Gasteiger partial charge in [0.1, 0.15) is 17.5 Å². The molecule has 57 heavy (non-hydrogen) atoms. The molecule has 5 aromatic rings. The number of rotatable bonds is 4. The van der Waals surface area contributed by atoms with Gasteiger partial charge in [-0.2, -0.15) is 8.78 Å². The van der Waals surface area contributed by atoms with E-state index in [1.807, 2.05) is 0 Å². The zero-order valence-corrected chi connectivity index (χ0v) is 27.2. The van der Waals surface area contributed by atoms with Crippen LogP contribution in [0.5, 0.6) is 5.75 Å². The molecular formula is C32H8BF17N6O. The summed E-state index contributed by atoms with van der Waals surface area (Å²) < 4.78 is 258. The molecule has 0 atom stereocenters. The summed E-state index contributed by atoms with van der Waals surface area (Å²) in [6.07, 6.45) is 0.187. The van der Waals surface area contributed by atoms with E-state index in [0.717, 1.165) is 0 Å². The highest BCUT2D eigenvalue weighted by atomic mass is 19.2. The van der Waals surface area contributed by atoms with Gasteiger partial charge in [0.05, 0.1) is 22.1 Å². The number of hydrogen-bond acceptors (Lipinski definition) is 4. The summed E-state index contributed by atoms with van der Waals surface area (Å²) in [5.41, 5.74) is -7.45. The van der Waals surface area contributed by atoms with Gasteiger partial charge in [-0.15, -0.1) is 0 Å². The van der Waals surface area contributed by atoms with Gasteiger partial charge in [0.2, 0.25) is 29.1 Å². The summed E-state index contributed by atoms with van der Waals surface area (Å²) in [4.78, 5) is 10.6. The molecule has 0 saturated heterocycles. The number of aliphatic imine (C=N–C) groups is 3. The lowest BCUT2D eigenvalue weighted by Gasteiger charge is -2.31. The van der Waals surface area contributed by atoms with Crippen molar-refractivity contribution in [1.29, 1.82) is 5.41 Å². The van der Waals surface area contributed by atoms with Crippen LogP contribution in [0.15, 0.2) is 21.2 Å². The van der Waals surface area contributed by atoms with Crippen LogP contribution >= 0.6 is 0 Å². The Morgan fingerprint density at radius 2 is 1.05 bits per heavy atom. The second-order valence-electron chi connectivity index (χ2n) is 11.7. The maximum Gasteiger partial charge on any atom is 0.631 e. The number of amidine groups is 3. The maximum atomic E-state index is 15.8. The molecule has 0 unspecified atom stereocenters. The van der Waals surface area contributed by atoms with Crippen molar-refractivity contribution in [2.45, 2.75) is 6.92 Å². The minimum atomic E-state index is -3.05. The molecular weight excluding hydrogens is 818 g/mol. The van der Waals surface area contributed by atoms with Gasteiger partial charge in [-0.1, -0.05) is 0 Å². The summed E-state index contributed by atoms with van der Waals surface area (Å²) >= 11 is 0. The van der Waals surface area contributed by atoms with Crippen molar-refractivity contribution in [1.82, 2.24) is 9.29 Å². The first-order valence-corrected chi connectivity index (χ1v) is 15.0. The molecule has 0 aliphatic carbocycles. The fourth-order valence-corrected chi connectivity index (χ4v) is 6.06. The maximum absolute atomic E-state index is 15.8. The van der Waals surface area contributed by atoms with E-state index in [1.54, 1.807) is 0 Å². The van der Waals surface area contributed by atoms with Crippen molar-refractivity contribution >= 4 is 47.0 Å². The highest BCUT2D eigenvalue weighted by Crippen LogP contribution is 2.44. The first-order chi connectivity index (χ1) is 26.7. The molecule has 294 valence electrons. The monoisotopic (exact) mass is 826 g/mol. The SMILES string of the molecule is CN=C(N=C1c2c(F)c(F)c(F)c(F)c2C2=Nc3c4c(F)c(F)c(F)c(F)c4cn3B(Oc3c(F)c(F)c(F)c(F)c3F)N12)c1c(F)c(F)c(F)c(F)c1C(C)=N. The smallest absolute Gasteiger partial charge is 0.518 e. The van der Waals surface area contributed by atoms with Crippen molar-refractivity contribution in [3.05, 3.63) is 127 Å². The van der Waals surface area contributed by atoms with Gasteiger partial charge in [0.15, 0.2) is 81.4 Å². The van der Waals surface area contributed by atoms with Crippen LogP contribution in [0.2, 0.25) is 0 Å². The minimum absolute atomic E-state index is 0.0710. The topological polar surface area (TPSA) is 78.3 Å². The van der Waals surface area contributed by atoms with Crippen LogP contribution in [-0.2, 0) is 0 Å². The van der Waals surface area contributed by atoms with Gasteiger partial charge in [0, 0.05) is 29.9 Å². The average Bonchev–Trinajstić information content (AvgIpc) is 3.73. The van der Waals surface area contributed by atoms with Crippen molar-refractivity contribution in [3.63, 3.8) is 0 Å². The van der Waals surface area contributed by atoms with Crippen LogP contribution in [0, 0.1) is 104 Å². The molecule has 0 spiro atoms. The predicted molar refractivity (Wildman–Crippen MR) is 162 cm³/mol. The molecule has 4 aromatic carbocycles. The van der Waals surface area contributed by atoms with Crippen LogP contribution in [0.25, 0.3) is 10.8 Å². The summed E-state index contributed by atoms with van der Waals surface area (Å²) in [5, 5.41) is 5.05. The Balaban J connectivity index is 1.65. The van der Waals surface area contributed by atoms with Crippen molar-refractivity contribution in [2.75, 3.05) is 7.05 Å². The third-order valence-electron chi connectivity index (χ3n) is 8.56. The number of halogens is 17. The second-order valence-corrected chi connectivity index (χ2v) is 11.7. The van der Waals surface area contributed by atoms with Crippen LogP contribution in [0.1, 0.15) is 29.2 Å². The Morgan fingerprint density at radius 1 is 0.596 bits per heavy atom. The largest absolute Gasteiger partial charge is 0.631 e. The van der Waals surface area contributed by atoms with E-state index in [0.29, 0.717) is 14.0 Å². The molecule has 0 fully saturated rings. The molecule has 2 aliphatic heterocycles. The van der Waals surface area contributed by atoms with Crippen LogP contribution in [0.4, 0.5) is 80.5 Å². The van der Waals surface area contributed by atoms with E-state index in [1.165, 1.54) is 0 Å². The molecule has 0 amide bonds. The Kier molecular flexibility index (Phi) is 8.91. The summed E-state index contributed by atoms with van der Waals surface area (Å²) in [6, 6.07) is 0. The second kappa shape index (κ2) is 13.1. The first-order valence-electron chi connectivity index (χ1n) is 15.0. The standard InChI is InChI=1S/C32H8BF17N6O/c1-4(51)6-8(14(37)20(43)18(41)12(6)35)29(52-2)53-31-9-10(16(39)22(45)21(44)15(9)38)32-54-30-7-5(11(34)17(40)19(42)13(7)36)3-55(30)33(56(31)32)57-28-26(49)24(47)23(46)25(48)27(28)50/h3,51H,1-2H3. The third-order valence-corrected chi connectivity index (χ3v) is 8.56. The van der Waals surface area contributed by atoms with Crippen LogP contribution in [0.3, 0.4) is 0 Å². The molecule has 0 saturated carbocycles. The van der Waals surface area contributed by atoms with E-state index < -0.39 is 174 Å². The lowest BCUT2D eigenvalue weighted by atomic mass is 9.94. The fraction of sp³-hybridized carbons (Fsp3) is 0.0625.